The van der Waals surface area contributed by atoms with E-state index in [0.717, 1.165) is 5.56 Å². The van der Waals surface area contributed by atoms with Crippen molar-refractivity contribution in [2.45, 2.75) is 25.8 Å². The van der Waals surface area contributed by atoms with Crippen LogP contribution >= 0.6 is 0 Å². The van der Waals surface area contributed by atoms with Gasteiger partial charge in [0.1, 0.15) is 5.76 Å². The Morgan fingerprint density at radius 2 is 1.64 bits per heavy atom. The maximum absolute atomic E-state index is 12.8. The van der Waals surface area contributed by atoms with Crippen LogP contribution in [-0.2, 0) is 14.4 Å². The number of carbonyl (C=O) groups excluding carboxylic acids is 2. The molecule has 1 unspecified atom stereocenters. The summed E-state index contributed by atoms with van der Waals surface area (Å²) in [6.07, 6.45) is 0.110. The van der Waals surface area contributed by atoms with Gasteiger partial charge in [-0.05, 0) is 18.9 Å². The average Bonchev–Trinajstić information content (AvgIpc) is 2.93. The van der Waals surface area contributed by atoms with Gasteiger partial charge in [0.25, 0.3) is 11.7 Å². The van der Waals surface area contributed by atoms with Gasteiger partial charge in [-0.3, -0.25) is 14.4 Å². The van der Waals surface area contributed by atoms with Gasteiger partial charge in [-0.2, -0.15) is 0 Å². The lowest BCUT2D eigenvalue weighted by atomic mass is 9.95. The van der Waals surface area contributed by atoms with E-state index < -0.39 is 23.7 Å². The predicted molar refractivity (Wildman–Crippen MR) is 104 cm³/mol. The Hall–Kier alpha value is -3.41. The van der Waals surface area contributed by atoms with Gasteiger partial charge in [0, 0.05) is 18.5 Å². The van der Waals surface area contributed by atoms with Gasteiger partial charge in [0.15, 0.2) is 0 Å². The van der Waals surface area contributed by atoms with Crippen molar-refractivity contribution in [2.24, 2.45) is 0 Å². The van der Waals surface area contributed by atoms with Gasteiger partial charge in [0.05, 0.1) is 11.6 Å². The molecule has 0 bridgehead atoms. The molecule has 6 heteroatoms. The Morgan fingerprint density at radius 1 is 1.00 bits per heavy atom. The van der Waals surface area contributed by atoms with Gasteiger partial charge in [-0.1, -0.05) is 60.2 Å². The van der Waals surface area contributed by atoms with E-state index in [1.807, 2.05) is 25.1 Å². The summed E-state index contributed by atoms with van der Waals surface area (Å²) < 4.78 is 0. The van der Waals surface area contributed by atoms with Crippen molar-refractivity contribution in [1.29, 1.82) is 0 Å². The number of rotatable bonds is 6. The first-order valence-corrected chi connectivity index (χ1v) is 9.02. The van der Waals surface area contributed by atoms with Crippen molar-refractivity contribution in [3.05, 3.63) is 76.9 Å². The molecular weight excluding hydrogens is 358 g/mol. The van der Waals surface area contributed by atoms with E-state index in [4.69, 9.17) is 5.11 Å². The molecule has 2 aromatic rings. The SMILES string of the molecule is Cc1ccc(/C(O)=C2\C(=O)C(=O)N(CCCC(=O)O)C2c2ccccc2)cc1. The summed E-state index contributed by atoms with van der Waals surface area (Å²) >= 11 is 0. The molecule has 6 nitrogen and oxygen atoms in total. The molecule has 1 atom stereocenters. The second kappa shape index (κ2) is 8.08. The molecule has 28 heavy (non-hydrogen) atoms. The zero-order valence-electron chi connectivity index (χ0n) is 15.5. The first kappa shape index (κ1) is 19.4. The highest BCUT2D eigenvalue weighted by Crippen LogP contribution is 2.39. The highest BCUT2D eigenvalue weighted by Gasteiger charge is 2.45. The van der Waals surface area contributed by atoms with Gasteiger partial charge in [-0.15, -0.1) is 0 Å². The fraction of sp³-hybridized carbons (Fsp3) is 0.227. The topological polar surface area (TPSA) is 94.9 Å². The molecule has 1 heterocycles. The standard InChI is InChI=1S/C22H21NO5/c1-14-9-11-16(12-10-14)20(26)18-19(15-6-3-2-4-7-15)23(22(28)21(18)27)13-5-8-17(24)25/h2-4,6-7,9-12,19,26H,5,8,13H2,1H3,(H,24,25)/b20-18+. The second-order valence-corrected chi connectivity index (χ2v) is 6.77. The van der Waals surface area contributed by atoms with E-state index in [0.29, 0.717) is 11.1 Å². The minimum absolute atomic E-state index is 0.0235. The lowest BCUT2D eigenvalue weighted by molar-refractivity contribution is -0.140. The number of likely N-dealkylation sites (tertiary alicyclic amines) is 1. The minimum Gasteiger partial charge on any atom is -0.507 e. The third kappa shape index (κ3) is 3.81. The van der Waals surface area contributed by atoms with Crippen LogP contribution in [0.2, 0.25) is 0 Å². The van der Waals surface area contributed by atoms with Crippen LogP contribution in [0.15, 0.2) is 60.2 Å². The number of hydrogen-bond donors (Lipinski definition) is 2. The summed E-state index contributed by atoms with van der Waals surface area (Å²) in [7, 11) is 0. The van der Waals surface area contributed by atoms with Crippen molar-refractivity contribution in [3.63, 3.8) is 0 Å². The molecule has 144 valence electrons. The molecular formula is C22H21NO5. The normalized spacial score (nSPS) is 18.5. The predicted octanol–water partition coefficient (Wildman–Crippen LogP) is 3.28. The Kier molecular flexibility index (Phi) is 5.59. The molecule has 2 N–H and O–H groups in total. The van der Waals surface area contributed by atoms with Crippen LogP contribution in [0.25, 0.3) is 5.76 Å². The summed E-state index contributed by atoms with van der Waals surface area (Å²) in [6, 6.07) is 15.2. The molecule has 0 saturated carbocycles. The Morgan fingerprint density at radius 3 is 2.25 bits per heavy atom. The van der Waals surface area contributed by atoms with Crippen LogP contribution in [0.4, 0.5) is 0 Å². The molecule has 0 radical (unpaired) electrons. The number of carbonyl (C=O) groups is 3. The van der Waals surface area contributed by atoms with Crippen LogP contribution in [-0.4, -0.2) is 39.3 Å². The van der Waals surface area contributed by atoms with Crippen molar-refractivity contribution < 1.29 is 24.6 Å². The number of hydrogen-bond acceptors (Lipinski definition) is 4. The fourth-order valence-electron chi connectivity index (χ4n) is 3.36. The summed E-state index contributed by atoms with van der Waals surface area (Å²) in [5, 5.41) is 19.7. The Bertz CT molecular complexity index is 931. The van der Waals surface area contributed by atoms with E-state index in [9.17, 15) is 19.5 Å². The Labute approximate surface area is 162 Å². The summed E-state index contributed by atoms with van der Waals surface area (Å²) in [6.45, 7) is 2.02. The number of Topliss-reactive ketones (excluding diaryl/α,β-unsaturated/α-hetero) is 1. The first-order valence-electron chi connectivity index (χ1n) is 9.02. The molecule has 2 aromatic carbocycles. The van der Waals surface area contributed by atoms with E-state index in [-0.39, 0.29) is 30.7 Å². The van der Waals surface area contributed by atoms with Crippen LogP contribution < -0.4 is 0 Å². The molecule has 0 spiro atoms. The first-order chi connectivity index (χ1) is 13.4. The quantitative estimate of drug-likeness (QED) is 0.456. The van der Waals surface area contributed by atoms with Gasteiger partial charge < -0.3 is 15.1 Å². The monoisotopic (exact) mass is 379 g/mol. The van der Waals surface area contributed by atoms with Crippen molar-refractivity contribution >= 4 is 23.4 Å². The molecule has 1 saturated heterocycles. The van der Waals surface area contributed by atoms with Crippen molar-refractivity contribution in [1.82, 2.24) is 4.90 Å². The summed E-state index contributed by atoms with van der Waals surface area (Å²) in [5.74, 6) is -2.68. The lowest BCUT2D eigenvalue weighted by Crippen LogP contribution is -2.31. The molecule has 3 rings (SSSR count). The van der Waals surface area contributed by atoms with Crippen LogP contribution in [0.1, 0.15) is 35.6 Å². The zero-order valence-corrected chi connectivity index (χ0v) is 15.5. The number of carboxylic acid groups (broad SMARTS) is 1. The lowest BCUT2D eigenvalue weighted by Gasteiger charge is -2.25. The number of ketones is 1. The number of aliphatic hydroxyl groups is 1. The van der Waals surface area contributed by atoms with Gasteiger partial charge in [-0.25, -0.2) is 0 Å². The van der Waals surface area contributed by atoms with Crippen LogP contribution in [0.3, 0.4) is 0 Å². The number of aryl methyl sites for hydroxylation is 1. The van der Waals surface area contributed by atoms with E-state index in [2.05, 4.69) is 0 Å². The Balaban J connectivity index is 2.07. The van der Waals surface area contributed by atoms with Gasteiger partial charge >= 0.3 is 5.97 Å². The second-order valence-electron chi connectivity index (χ2n) is 6.77. The molecule has 1 aliphatic rings. The third-order valence-electron chi connectivity index (χ3n) is 4.77. The smallest absolute Gasteiger partial charge is 0.303 e. The third-order valence-corrected chi connectivity index (χ3v) is 4.77. The maximum atomic E-state index is 12.8. The molecule has 1 aliphatic heterocycles. The van der Waals surface area contributed by atoms with E-state index in [1.54, 1.807) is 36.4 Å². The van der Waals surface area contributed by atoms with Crippen LogP contribution in [0, 0.1) is 6.92 Å². The highest BCUT2D eigenvalue weighted by molar-refractivity contribution is 6.46. The van der Waals surface area contributed by atoms with Gasteiger partial charge in [0.2, 0.25) is 0 Å². The number of aliphatic carboxylic acids is 1. The van der Waals surface area contributed by atoms with E-state index in [1.165, 1.54) is 4.90 Å². The number of nitrogens with zero attached hydrogens (tertiary/aromatic N) is 1. The number of benzene rings is 2. The maximum Gasteiger partial charge on any atom is 0.303 e. The van der Waals surface area contributed by atoms with Crippen molar-refractivity contribution in [2.75, 3.05) is 6.54 Å². The summed E-state index contributed by atoms with van der Waals surface area (Å²) in [4.78, 5) is 37.6. The number of aliphatic hydroxyl groups excluding tert-OH is 1. The number of amides is 1. The zero-order chi connectivity index (χ0) is 20.3. The largest absolute Gasteiger partial charge is 0.507 e. The highest BCUT2D eigenvalue weighted by atomic mass is 16.4. The van der Waals surface area contributed by atoms with E-state index >= 15 is 0 Å². The fourth-order valence-corrected chi connectivity index (χ4v) is 3.36. The average molecular weight is 379 g/mol. The minimum atomic E-state index is -0.965. The molecule has 0 aromatic heterocycles. The molecule has 0 aliphatic carbocycles. The molecule has 1 amide bonds. The molecule has 1 fully saturated rings. The number of carboxylic acids is 1. The summed E-state index contributed by atoms with van der Waals surface area (Å²) in [5.41, 5.74) is 2.17. The van der Waals surface area contributed by atoms with Crippen LogP contribution in [0.5, 0.6) is 0 Å². The van der Waals surface area contributed by atoms with Crippen molar-refractivity contribution in [3.8, 4) is 0 Å².